The summed E-state index contributed by atoms with van der Waals surface area (Å²) in [6.07, 6.45) is 0.948. The van der Waals surface area contributed by atoms with Crippen molar-refractivity contribution in [3.8, 4) is 5.88 Å². The van der Waals surface area contributed by atoms with E-state index in [1.54, 1.807) is 14.0 Å². The van der Waals surface area contributed by atoms with Crippen LogP contribution in [-0.4, -0.2) is 36.4 Å². The predicted molar refractivity (Wildman–Crippen MR) is 60.8 cm³/mol. The van der Waals surface area contributed by atoms with E-state index in [2.05, 4.69) is 16.9 Å². The van der Waals surface area contributed by atoms with Gasteiger partial charge in [0, 0.05) is 13.1 Å². The largest absolute Gasteiger partial charge is 0.480 e. The van der Waals surface area contributed by atoms with Gasteiger partial charge in [0.25, 0.3) is 0 Å². The highest BCUT2D eigenvalue weighted by atomic mass is 16.5. The van der Waals surface area contributed by atoms with Crippen molar-refractivity contribution >= 4 is 5.78 Å². The molecule has 0 aromatic carbocycles. The molecule has 16 heavy (non-hydrogen) atoms. The van der Waals surface area contributed by atoms with Crippen molar-refractivity contribution in [2.45, 2.75) is 19.9 Å². The van der Waals surface area contributed by atoms with E-state index in [4.69, 9.17) is 4.74 Å². The second-order valence-electron chi connectivity index (χ2n) is 4.19. The number of hydrogen-bond donors (Lipinski definition) is 0. The molecule has 0 aliphatic carbocycles. The van der Waals surface area contributed by atoms with Crippen molar-refractivity contribution in [2.24, 2.45) is 0 Å². The highest BCUT2D eigenvalue weighted by Crippen LogP contribution is 2.24. The molecule has 0 N–H and O–H groups in total. The van der Waals surface area contributed by atoms with Crippen LogP contribution in [0.25, 0.3) is 0 Å². The van der Waals surface area contributed by atoms with Gasteiger partial charge in [-0.15, -0.1) is 0 Å². The number of hydrogen-bond acceptors (Lipinski definition) is 4. The smallest absolute Gasteiger partial charge is 0.224 e. The van der Waals surface area contributed by atoms with Crippen LogP contribution in [0, 0.1) is 0 Å². The highest BCUT2D eigenvalue weighted by Gasteiger charge is 2.19. The van der Waals surface area contributed by atoms with E-state index in [0.29, 0.717) is 11.4 Å². The third-order valence-corrected chi connectivity index (χ3v) is 2.91. The van der Waals surface area contributed by atoms with Crippen molar-refractivity contribution in [1.29, 1.82) is 0 Å². The summed E-state index contributed by atoms with van der Waals surface area (Å²) >= 11 is 0. The molecule has 0 unspecified atom stereocenters. The van der Waals surface area contributed by atoms with Gasteiger partial charge in [0.1, 0.15) is 0 Å². The van der Waals surface area contributed by atoms with Gasteiger partial charge < -0.3 is 9.64 Å². The first-order valence-electron chi connectivity index (χ1n) is 5.38. The lowest BCUT2D eigenvalue weighted by Crippen LogP contribution is -2.27. The average molecular weight is 220 g/mol. The lowest BCUT2D eigenvalue weighted by Gasteiger charge is -2.24. The number of carbonyl (C=O) groups excluding carboxylic acids is 1. The molecule has 0 radical (unpaired) electrons. The van der Waals surface area contributed by atoms with Crippen LogP contribution in [0.5, 0.6) is 5.88 Å². The second kappa shape index (κ2) is 4.22. The van der Waals surface area contributed by atoms with Gasteiger partial charge in [0.2, 0.25) is 5.88 Å². The molecule has 2 rings (SSSR count). The molecule has 1 aliphatic heterocycles. The minimum absolute atomic E-state index is 0.00563. The maximum Gasteiger partial charge on any atom is 0.224 e. The van der Waals surface area contributed by atoms with Crippen LogP contribution >= 0.6 is 0 Å². The van der Waals surface area contributed by atoms with Crippen molar-refractivity contribution in [3.05, 3.63) is 22.9 Å². The molecule has 4 heteroatoms. The fourth-order valence-electron chi connectivity index (χ4n) is 1.98. The van der Waals surface area contributed by atoms with Crippen LogP contribution in [0.4, 0.5) is 0 Å². The zero-order valence-corrected chi connectivity index (χ0v) is 9.91. The van der Waals surface area contributed by atoms with E-state index in [1.165, 1.54) is 5.56 Å². The normalized spacial score (nSPS) is 15.7. The number of ketones is 1. The summed E-state index contributed by atoms with van der Waals surface area (Å²) in [7, 11) is 3.61. The second-order valence-corrected chi connectivity index (χ2v) is 4.19. The number of fused-ring (bicyclic) bond motifs is 1. The summed E-state index contributed by atoms with van der Waals surface area (Å²) in [5.41, 5.74) is 2.78. The third kappa shape index (κ3) is 1.93. The van der Waals surface area contributed by atoms with Crippen LogP contribution in [-0.2, 0) is 13.0 Å². The Morgan fingerprint density at radius 2 is 2.31 bits per heavy atom. The first-order valence-corrected chi connectivity index (χ1v) is 5.38. The Morgan fingerprint density at radius 3 is 2.94 bits per heavy atom. The Hall–Kier alpha value is -1.42. The molecule has 1 aromatic rings. The number of likely N-dealkylation sites (N-methyl/N-ethyl adjacent to an activating group) is 1. The number of ether oxygens (including phenoxy) is 1. The van der Waals surface area contributed by atoms with Crippen molar-refractivity contribution in [1.82, 2.24) is 9.88 Å². The lowest BCUT2D eigenvalue weighted by molar-refractivity contribution is 0.101. The lowest BCUT2D eigenvalue weighted by atomic mass is 10.0. The first kappa shape index (κ1) is 11.1. The van der Waals surface area contributed by atoms with Gasteiger partial charge in [0.05, 0.1) is 18.4 Å². The summed E-state index contributed by atoms with van der Waals surface area (Å²) in [6, 6.07) is 1.93. The summed E-state index contributed by atoms with van der Waals surface area (Å²) < 4.78 is 5.16. The van der Waals surface area contributed by atoms with Crippen LogP contribution in [0.15, 0.2) is 6.07 Å². The standard InChI is InChI=1S/C12H16N2O2/c1-8(15)10-6-9-4-5-14(2)7-11(9)13-12(10)16-3/h6H,4-5,7H2,1-3H3. The number of carbonyl (C=O) groups is 1. The van der Waals surface area contributed by atoms with Gasteiger partial charge in [-0.2, -0.15) is 0 Å². The zero-order chi connectivity index (χ0) is 11.7. The number of methoxy groups -OCH3 is 1. The molecule has 0 amide bonds. The predicted octanol–water partition coefficient (Wildman–Crippen LogP) is 1.28. The van der Waals surface area contributed by atoms with Gasteiger partial charge in [-0.05, 0) is 32.0 Å². The number of aromatic nitrogens is 1. The van der Waals surface area contributed by atoms with Gasteiger partial charge in [0.15, 0.2) is 5.78 Å². The Bertz CT molecular complexity index is 429. The summed E-state index contributed by atoms with van der Waals surface area (Å²) in [6.45, 7) is 3.38. The van der Waals surface area contributed by atoms with Crippen molar-refractivity contribution in [3.63, 3.8) is 0 Å². The van der Waals surface area contributed by atoms with E-state index >= 15 is 0 Å². The van der Waals surface area contributed by atoms with Crippen molar-refractivity contribution < 1.29 is 9.53 Å². The van der Waals surface area contributed by atoms with E-state index in [9.17, 15) is 4.79 Å². The molecule has 0 spiro atoms. The SMILES string of the molecule is COc1nc2c(cc1C(C)=O)CCN(C)C2. The first-order chi connectivity index (χ1) is 7.61. The molecule has 1 aliphatic rings. The van der Waals surface area contributed by atoms with Gasteiger partial charge >= 0.3 is 0 Å². The molecule has 0 atom stereocenters. The Morgan fingerprint density at radius 1 is 1.56 bits per heavy atom. The van der Waals surface area contributed by atoms with Crippen LogP contribution < -0.4 is 4.74 Å². The molecule has 0 bridgehead atoms. The molecule has 1 aromatic heterocycles. The molecule has 2 heterocycles. The van der Waals surface area contributed by atoms with Gasteiger partial charge in [-0.3, -0.25) is 4.79 Å². The van der Waals surface area contributed by atoms with Gasteiger partial charge in [-0.25, -0.2) is 4.98 Å². The molecule has 0 saturated heterocycles. The Balaban J connectivity index is 2.48. The van der Waals surface area contributed by atoms with Crippen LogP contribution in [0.3, 0.4) is 0 Å². The highest BCUT2D eigenvalue weighted by molar-refractivity contribution is 5.96. The van der Waals surface area contributed by atoms with E-state index in [-0.39, 0.29) is 5.78 Å². The van der Waals surface area contributed by atoms with Crippen molar-refractivity contribution in [2.75, 3.05) is 20.7 Å². The summed E-state index contributed by atoms with van der Waals surface area (Å²) in [4.78, 5) is 18.1. The number of rotatable bonds is 2. The Kier molecular flexibility index (Phi) is 2.92. The van der Waals surface area contributed by atoms with E-state index < -0.39 is 0 Å². The zero-order valence-electron chi connectivity index (χ0n) is 9.91. The maximum atomic E-state index is 11.4. The molecule has 4 nitrogen and oxygen atoms in total. The topological polar surface area (TPSA) is 42.4 Å². The van der Waals surface area contributed by atoms with Crippen LogP contribution in [0.2, 0.25) is 0 Å². The van der Waals surface area contributed by atoms with E-state index in [1.807, 2.05) is 6.07 Å². The third-order valence-electron chi connectivity index (χ3n) is 2.91. The number of nitrogens with zero attached hydrogens (tertiary/aromatic N) is 2. The maximum absolute atomic E-state index is 11.4. The molecule has 0 saturated carbocycles. The fraction of sp³-hybridized carbons (Fsp3) is 0.500. The number of Topliss-reactive ketones (excluding diaryl/α,β-unsaturated/α-hetero) is 1. The minimum Gasteiger partial charge on any atom is -0.480 e. The summed E-state index contributed by atoms with van der Waals surface area (Å²) in [5.74, 6) is 0.452. The quantitative estimate of drug-likeness (QED) is 0.704. The van der Waals surface area contributed by atoms with Crippen LogP contribution in [0.1, 0.15) is 28.5 Å². The minimum atomic E-state index is 0.00563. The average Bonchev–Trinajstić information content (AvgIpc) is 2.26. The Labute approximate surface area is 95.2 Å². The fourth-order valence-corrected chi connectivity index (χ4v) is 1.98. The van der Waals surface area contributed by atoms with Gasteiger partial charge in [-0.1, -0.05) is 0 Å². The molecule has 86 valence electrons. The number of pyridine rings is 1. The molecular weight excluding hydrogens is 204 g/mol. The monoisotopic (exact) mass is 220 g/mol. The summed E-state index contributed by atoms with van der Waals surface area (Å²) in [5, 5.41) is 0. The molecular formula is C12H16N2O2. The molecule has 0 fully saturated rings. The van der Waals surface area contributed by atoms with E-state index in [0.717, 1.165) is 25.2 Å².